The van der Waals surface area contributed by atoms with Gasteiger partial charge in [0.2, 0.25) is 0 Å². The first-order valence-electron chi connectivity index (χ1n) is 6.58. The fourth-order valence-electron chi connectivity index (χ4n) is 2.27. The van der Waals surface area contributed by atoms with Crippen molar-refractivity contribution in [2.75, 3.05) is 0 Å². The summed E-state index contributed by atoms with van der Waals surface area (Å²) in [5, 5.41) is 9.69. The maximum absolute atomic E-state index is 10.9. The molecule has 3 nitrogen and oxygen atoms in total. The minimum absolute atomic E-state index is 0.0620. The Bertz CT molecular complexity index is 397. The zero-order valence-corrected chi connectivity index (χ0v) is 10.8. The maximum Gasteiger partial charge on any atom is 0.130 e. The van der Waals surface area contributed by atoms with Crippen molar-refractivity contribution in [3.8, 4) is 5.75 Å². The molecule has 0 saturated heterocycles. The predicted octanol–water partition coefficient (Wildman–Crippen LogP) is 2.50. The van der Waals surface area contributed by atoms with Crippen LogP contribution in [0.4, 0.5) is 0 Å². The molecular formula is C15H20O3. The molecule has 2 atom stereocenters. The van der Waals surface area contributed by atoms with Crippen molar-refractivity contribution in [2.45, 2.75) is 51.2 Å². The monoisotopic (exact) mass is 248 g/mol. The zero-order valence-electron chi connectivity index (χ0n) is 10.8. The van der Waals surface area contributed by atoms with Crippen molar-refractivity contribution in [1.82, 2.24) is 0 Å². The Morgan fingerprint density at radius 1 is 1.33 bits per heavy atom. The molecule has 0 aliphatic heterocycles. The summed E-state index contributed by atoms with van der Waals surface area (Å²) in [4.78, 5) is 10.9. The van der Waals surface area contributed by atoms with Crippen LogP contribution in [0.2, 0.25) is 0 Å². The molecule has 1 aliphatic rings. The summed E-state index contributed by atoms with van der Waals surface area (Å²) in [7, 11) is 0. The molecule has 2 rings (SSSR count). The van der Waals surface area contributed by atoms with Gasteiger partial charge in [0, 0.05) is 6.42 Å². The van der Waals surface area contributed by atoms with Crippen molar-refractivity contribution in [2.24, 2.45) is 0 Å². The minimum atomic E-state index is -0.331. The number of hydrogen-bond donors (Lipinski definition) is 1. The molecule has 1 aromatic carbocycles. The van der Waals surface area contributed by atoms with E-state index in [0.717, 1.165) is 37.0 Å². The second-order valence-corrected chi connectivity index (χ2v) is 5.00. The van der Waals surface area contributed by atoms with Crippen LogP contribution in [0.3, 0.4) is 0 Å². The highest BCUT2D eigenvalue weighted by molar-refractivity contribution is 5.75. The van der Waals surface area contributed by atoms with E-state index >= 15 is 0 Å². The van der Waals surface area contributed by atoms with Gasteiger partial charge in [-0.05, 0) is 50.3 Å². The fourth-order valence-corrected chi connectivity index (χ4v) is 2.27. The van der Waals surface area contributed by atoms with Gasteiger partial charge in [0.25, 0.3) is 0 Å². The number of carbonyl (C=O) groups excluding carboxylic acids is 1. The molecule has 1 saturated carbocycles. The van der Waals surface area contributed by atoms with Gasteiger partial charge < -0.3 is 14.6 Å². The Balaban J connectivity index is 1.89. The van der Waals surface area contributed by atoms with Gasteiger partial charge in [-0.1, -0.05) is 12.1 Å². The summed E-state index contributed by atoms with van der Waals surface area (Å²) in [6, 6.07) is 7.81. The number of aliphatic hydroxyl groups excluding tert-OH is 1. The Morgan fingerprint density at radius 3 is 2.61 bits per heavy atom. The highest BCUT2D eigenvalue weighted by atomic mass is 16.5. The van der Waals surface area contributed by atoms with Gasteiger partial charge in [0.05, 0.1) is 6.10 Å². The third-order valence-electron chi connectivity index (χ3n) is 3.39. The summed E-state index contributed by atoms with van der Waals surface area (Å²) < 4.78 is 5.75. The molecule has 0 radical (unpaired) electrons. The Kier molecular flexibility index (Phi) is 4.37. The van der Waals surface area contributed by atoms with Gasteiger partial charge in [-0.3, -0.25) is 0 Å². The van der Waals surface area contributed by atoms with Crippen LogP contribution >= 0.6 is 0 Å². The fraction of sp³-hybridized carbons (Fsp3) is 0.533. The number of Topliss-reactive ketones (excluding diaryl/α,β-unsaturated/α-hetero) is 1. The van der Waals surface area contributed by atoms with Gasteiger partial charge >= 0.3 is 0 Å². The molecule has 98 valence electrons. The summed E-state index contributed by atoms with van der Waals surface area (Å²) in [6.45, 7) is 1.61. The molecule has 1 aromatic rings. The lowest BCUT2D eigenvalue weighted by Crippen LogP contribution is -2.25. The number of rotatable bonds is 5. The minimum Gasteiger partial charge on any atom is -0.488 e. The van der Waals surface area contributed by atoms with Crippen LogP contribution in [-0.2, 0) is 11.2 Å². The number of ketones is 1. The van der Waals surface area contributed by atoms with Crippen molar-refractivity contribution in [3.05, 3.63) is 29.8 Å². The van der Waals surface area contributed by atoms with Crippen LogP contribution in [0.25, 0.3) is 0 Å². The molecule has 3 heteroatoms. The van der Waals surface area contributed by atoms with Crippen molar-refractivity contribution >= 4 is 5.78 Å². The van der Waals surface area contributed by atoms with Gasteiger partial charge in [-0.25, -0.2) is 0 Å². The smallest absolute Gasteiger partial charge is 0.130 e. The van der Waals surface area contributed by atoms with Crippen LogP contribution < -0.4 is 4.74 Å². The van der Waals surface area contributed by atoms with Crippen LogP contribution in [0.15, 0.2) is 24.3 Å². The lowest BCUT2D eigenvalue weighted by atomic mass is 10.1. The molecule has 0 amide bonds. The molecule has 18 heavy (non-hydrogen) atoms. The van der Waals surface area contributed by atoms with E-state index in [0.29, 0.717) is 6.42 Å². The Labute approximate surface area is 108 Å². The largest absolute Gasteiger partial charge is 0.488 e. The van der Waals surface area contributed by atoms with Crippen LogP contribution in [0, 0.1) is 0 Å². The number of hydrogen-bond acceptors (Lipinski definition) is 3. The third kappa shape index (κ3) is 3.57. The zero-order chi connectivity index (χ0) is 13.0. The molecule has 0 aromatic heterocycles. The molecule has 0 heterocycles. The SMILES string of the molecule is CC(=O)CCc1ccc(OC2CCCC2O)cc1. The normalized spacial score (nSPS) is 23.0. The molecular weight excluding hydrogens is 228 g/mol. The van der Waals surface area contributed by atoms with Crippen molar-refractivity contribution < 1.29 is 14.6 Å². The topological polar surface area (TPSA) is 46.5 Å². The number of ether oxygens (including phenoxy) is 1. The van der Waals surface area contributed by atoms with Crippen LogP contribution in [0.1, 0.15) is 38.2 Å². The van der Waals surface area contributed by atoms with Crippen LogP contribution in [0.5, 0.6) is 5.75 Å². The molecule has 0 spiro atoms. The first-order valence-corrected chi connectivity index (χ1v) is 6.58. The molecule has 1 fully saturated rings. The van der Waals surface area contributed by atoms with E-state index in [9.17, 15) is 9.90 Å². The maximum atomic E-state index is 10.9. The van der Waals surface area contributed by atoms with Crippen LogP contribution in [-0.4, -0.2) is 23.1 Å². The van der Waals surface area contributed by atoms with Gasteiger partial charge in [0.15, 0.2) is 0 Å². The second kappa shape index (κ2) is 6.01. The first-order chi connectivity index (χ1) is 8.65. The summed E-state index contributed by atoms with van der Waals surface area (Å²) >= 11 is 0. The summed E-state index contributed by atoms with van der Waals surface area (Å²) in [5.41, 5.74) is 1.14. The van der Waals surface area contributed by atoms with E-state index in [-0.39, 0.29) is 18.0 Å². The highest BCUT2D eigenvalue weighted by Gasteiger charge is 2.26. The van der Waals surface area contributed by atoms with Crippen molar-refractivity contribution in [3.63, 3.8) is 0 Å². The molecule has 1 aliphatic carbocycles. The first kappa shape index (κ1) is 13.1. The van der Waals surface area contributed by atoms with E-state index in [1.54, 1.807) is 6.92 Å². The van der Waals surface area contributed by atoms with E-state index in [4.69, 9.17) is 4.74 Å². The van der Waals surface area contributed by atoms with E-state index in [2.05, 4.69) is 0 Å². The van der Waals surface area contributed by atoms with E-state index < -0.39 is 0 Å². The Morgan fingerprint density at radius 2 is 2.06 bits per heavy atom. The molecule has 2 unspecified atom stereocenters. The standard InChI is InChI=1S/C15H20O3/c1-11(16)5-6-12-7-9-13(10-8-12)18-15-4-2-3-14(15)17/h7-10,14-15,17H,2-6H2,1H3. The summed E-state index contributed by atoms with van der Waals surface area (Å²) in [6.07, 6.45) is 3.76. The average Bonchev–Trinajstić information content (AvgIpc) is 2.74. The number of benzene rings is 1. The number of carbonyl (C=O) groups is 1. The average molecular weight is 248 g/mol. The highest BCUT2D eigenvalue weighted by Crippen LogP contribution is 2.24. The lowest BCUT2D eigenvalue weighted by molar-refractivity contribution is -0.116. The number of aliphatic hydroxyl groups is 1. The molecule has 1 N–H and O–H groups in total. The Hall–Kier alpha value is -1.35. The van der Waals surface area contributed by atoms with E-state index in [1.165, 1.54) is 0 Å². The van der Waals surface area contributed by atoms with Gasteiger partial charge in [0.1, 0.15) is 17.6 Å². The van der Waals surface area contributed by atoms with Crippen molar-refractivity contribution in [1.29, 1.82) is 0 Å². The third-order valence-corrected chi connectivity index (χ3v) is 3.39. The number of aryl methyl sites for hydroxylation is 1. The van der Waals surface area contributed by atoms with Gasteiger partial charge in [-0.15, -0.1) is 0 Å². The van der Waals surface area contributed by atoms with Gasteiger partial charge in [-0.2, -0.15) is 0 Å². The van der Waals surface area contributed by atoms with E-state index in [1.807, 2.05) is 24.3 Å². The summed E-state index contributed by atoms with van der Waals surface area (Å²) in [5.74, 6) is 1.01. The molecule has 0 bridgehead atoms. The quantitative estimate of drug-likeness (QED) is 0.871. The lowest BCUT2D eigenvalue weighted by Gasteiger charge is -2.17. The second-order valence-electron chi connectivity index (χ2n) is 5.00. The predicted molar refractivity (Wildman–Crippen MR) is 69.7 cm³/mol.